The minimum atomic E-state index is -1.42. The van der Waals surface area contributed by atoms with E-state index in [-0.39, 0.29) is 12.4 Å². The molecule has 29 heavy (non-hydrogen) atoms. The molecule has 0 fully saturated rings. The van der Waals surface area contributed by atoms with Crippen LogP contribution >= 0.6 is 0 Å². The summed E-state index contributed by atoms with van der Waals surface area (Å²) in [5.41, 5.74) is -0.102. The molecule has 0 N–H and O–H groups in total. The molecule has 0 radical (unpaired) electrons. The summed E-state index contributed by atoms with van der Waals surface area (Å²) in [6.45, 7) is 1.97. The zero-order valence-electron chi connectivity index (χ0n) is 16.3. The SMILES string of the molecule is CCOC(C(=O)OCc1ccc(C(=O)OC)o1)(c1ccccc1)c1ccccc1. The third-order valence-corrected chi connectivity index (χ3v) is 4.40. The van der Waals surface area contributed by atoms with E-state index in [0.717, 1.165) is 0 Å². The Hall–Kier alpha value is -3.38. The Balaban J connectivity index is 1.92. The molecular weight excluding hydrogens is 372 g/mol. The molecular formula is C23H22O6. The van der Waals surface area contributed by atoms with Crippen LogP contribution in [0.25, 0.3) is 0 Å². The summed E-state index contributed by atoms with van der Waals surface area (Å²) in [6, 6.07) is 21.4. The highest BCUT2D eigenvalue weighted by atomic mass is 16.6. The molecule has 6 heteroatoms. The van der Waals surface area contributed by atoms with E-state index in [2.05, 4.69) is 4.74 Å². The van der Waals surface area contributed by atoms with Gasteiger partial charge in [0, 0.05) is 6.61 Å². The molecule has 0 saturated heterocycles. The third-order valence-electron chi connectivity index (χ3n) is 4.40. The summed E-state index contributed by atoms with van der Waals surface area (Å²) < 4.78 is 21.6. The van der Waals surface area contributed by atoms with Gasteiger partial charge in [-0.3, -0.25) is 0 Å². The van der Waals surface area contributed by atoms with Crippen molar-refractivity contribution < 1.29 is 28.2 Å². The molecule has 0 aliphatic rings. The van der Waals surface area contributed by atoms with Gasteiger partial charge in [0.15, 0.2) is 0 Å². The lowest BCUT2D eigenvalue weighted by Gasteiger charge is -2.32. The smallest absolute Gasteiger partial charge is 0.373 e. The number of carbonyl (C=O) groups is 2. The van der Waals surface area contributed by atoms with E-state index >= 15 is 0 Å². The number of benzene rings is 2. The fraction of sp³-hybridized carbons (Fsp3) is 0.217. The first kappa shape index (κ1) is 20.4. The molecule has 0 aliphatic heterocycles. The highest BCUT2D eigenvalue weighted by molar-refractivity contribution is 5.86. The van der Waals surface area contributed by atoms with Crippen LogP contribution in [-0.4, -0.2) is 25.7 Å². The van der Waals surface area contributed by atoms with Crippen molar-refractivity contribution in [2.75, 3.05) is 13.7 Å². The summed E-state index contributed by atoms with van der Waals surface area (Å²) in [5, 5.41) is 0. The standard InChI is InChI=1S/C23H22O6/c1-3-28-23(17-10-6-4-7-11-17,18-12-8-5-9-13-18)22(25)27-16-19-14-15-20(29-19)21(24)26-2/h4-15H,3,16H2,1-2H3. The van der Waals surface area contributed by atoms with E-state index in [4.69, 9.17) is 13.9 Å². The normalized spacial score (nSPS) is 11.1. The van der Waals surface area contributed by atoms with Gasteiger partial charge in [-0.25, -0.2) is 9.59 Å². The van der Waals surface area contributed by atoms with Crippen molar-refractivity contribution in [3.8, 4) is 0 Å². The van der Waals surface area contributed by atoms with Crippen LogP contribution in [0.1, 0.15) is 34.4 Å². The van der Waals surface area contributed by atoms with E-state index in [9.17, 15) is 9.59 Å². The molecule has 0 amide bonds. The van der Waals surface area contributed by atoms with Crippen LogP contribution in [0.4, 0.5) is 0 Å². The Morgan fingerprint density at radius 2 is 1.48 bits per heavy atom. The molecule has 0 aliphatic carbocycles. The van der Waals surface area contributed by atoms with E-state index in [1.165, 1.54) is 13.2 Å². The van der Waals surface area contributed by atoms with E-state index < -0.39 is 17.5 Å². The molecule has 0 atom stereocenters. The van der Waals surface area contributed by atoms with Gasteiger partial charge in [-0.2, -0.15) is 0 Å². The lowest BCUT2D eigenvalue weighted by Crippen LogP contribution is -2.41. The largest absolute Gasteiger partial charge is 0.463 e. The second-order valence-electron chi connectivity index (χ2n) is 6.18. The quantitative estimate of drug-likeness (QED) is 0.536. The molecule has 2 aromatic carbocycles. The van der Waals surface area contributed by atoms with E-state index in [1.807, 2.05) is 67.6 Å². The molecule has 1 aromatic heterocycles. The lowest BCUT2D eigenvalue weighted by molar-refractivity contribution is -0.170. The van der Waals surface area contributed by atoms with Crippen LogP contribution in [0, 0.1) is 0 Å². The van der Waals surface area contributed by atoms with Crippen molar-refractivity contribution in [3.05, 3.63) is 95.4 Å². The summed E-state index contributed by atoms with van der Waals surface area (Å²) in [6.07, 6.45) is 0. The summed E-state index contributed by atoms with van der Waals surface area (Å²) >= 11 is 0. The fourth-order valence-corrected chi connectivity index (χ4v) is 3.09. The fourth-order valence-electron chi connectivity index (χ4n) is 3.09. The van der Waals surface area contributed by atoms with Gasteiger partial charge < -0.3 is 18.6 Å². The molecule has 0 spiro atoms. The van der Waals surface area contributed by atoms with Gasteiger partial charge in [-0.15, -0.1) is 0 Å². The number of esters is 2. The number of hydrogen-bond acceptors (Lipinski definition) is 6. The summed E-state index contributed by atoms with van der Waals surface area (Å²) in [5.74, 6) is -0.807. The average Bonchev–Trinajstić information content (AvgIpc) is 3.25. The number of methoxy groups -OCH3 is 1. The van der Waals surface area contributed by atoms with Gasteiger partial charge >= 0.3 is 11.9 Å². The highest BCUT2D eigenvalue weighted by Gasteiger charge is 2.45. The molecule has 3 aromatic rings. The van der Waals surface area contributed by atoms with E-state index in [0.29, 0.717) is 23.5 Å². The average molecular weight is 394 g/mol. The molecule has 0 bridgehead atoms. The summed E-state index contributed by atoms with van der Waals surface area (Å²) in [7, 11) is 1.26. The highest BCUT2D eigenvalue weighted by Crippen LogP contribution is 2.35. The maximum Gasteiger partial charge on any atom is 0.373 e. The predicted octanol–water partition coefficient (Wildman–Crippen LogP) is 4.09. The topological polar surface area (TPSA) is 75.0 Å². The molecule has 3 rings (SSSR count). The van der Waals surface area contributed by atoms with Crippen LogP contribution in [0.15, 0.2) is 77.2 Å². The van der Waals surface area contributed by atoms with Crippen molar-refractivity contribution in [1.29, 1.82) is 0 Å². The lowest BCUT2D eigenvalue weighted by atomic mass is 9.86. The van der Waals surface area contributed by atoms with Gasteiger partial charge in [0.2, 0.25) is 11.4 Å². The molecule has 1 heterocycles. The third kappa shape index (κ3) is 4.22. The molecule has 0 saturated carbocycles. The molecule has 0 unspecified atom stereocenters. The van der Waals surface area contributed by atoms with Crippen LogP contribution < -0.4 is 0 Å². The van der Waals surface area contributed by atoms with Gasteiger partial charge in [0.25, 0.3) is 0 Å². The monoisotopic (exact) mass is 394 g/mol. The Kier molecular flexibility index (Phi) is 6.46. The van der Waals surface area contributed by atoms with Crippen molar-refractivity contribution in [2.45, 2.75) is 19.1 Å². The van der Waals surface area contributed by atoms with Gasteiger partial charge in [0.05, 0.1) is 7.11 Å². The van der Waals surface area contributed by atoms with Gasteiger partial charge in [-0.05, 0) is 30.2 Å². The Morgan fingerprint density at radius 1 is 0.897 bits per heavy atom. The maximum atomic E-state index is 13.3. The Morgan fingerprint density at radius 3 is 2.00 bits per heavy atom. The number of ether oxygens (including phenoxy) is 3. The first-order valence-electron chi connectivity index (χ1n) is 9.21. The second-order valence-corrected chi connectivity index (χ2v) is 6.18. The number of hydrogen-bond donors (Lipinski definition) is 0. The first-order valence-corrected chi connectivity index (χ1v) is 9.21. The van der Waals surface area contributed by atoms with Crippen LogP contribution in [0.5, 0.6) is 0 Å². The van der Waals surface area contributed by atoms with Crippen LogP contribution in [0.3, 0.4) is 0 Å². The summed E-state index contributed by atoms with van der Waals surface area (Å²) in [4.78, 5) is 24.9. The van der Waals surface area contributed by atoms with Crippen molar-refractivity contribution in [1.82, 2.24) is 0 Å². The van der Waals surface area contributed by atoms with Gasteiger partial charge in [-0.1, -0.05) is 60.7 Å². The van der Waals surface area contributed by atoms with Crippen molar-refractivity contribution >= 4 is 11.9 Å². The molecule has 150 valence electrons. The molecule has 6 nitrogen and oxygen atoms in total. The minimum Gasteiger partial charge on any atom is -0.463 e. The van der Waals surface area contributed by atoms with Gasteiger partial charge in [0.1, 0.15) is 12.4 Å². The number of carbonyl (C=O) groups excluding carboxylic acids is 2. The van der Waals surface area contributed by atoms with Crippen LogP contribution in [0.2, 0.25) is 0 Å². The maximum absolute atomic E-state index is 13.3. The number of furan rings is 1. The second kappa shape index (κ2) is 9.21. The van der Waals surface area contributed by atoms with E-state index in [1.54, 1.807) is 6.07 Å². The Bertz CT molecular complexity index is 906. The zero-order chi connectivity index (χ0) is 20.7. The van der Waals surface area contributed by atoms with Crippen molar-refractivity contribution in [2.24, 2.45) is 0 Å². The minimum absolute atomic E-state index is 0.0424. The Labute approximate surface area is 169 Å². The predicted molar refractivity (Wildman–Crippen MR) is 105 cm³/mol. The number of rotatable bonds is 8. The zero-order valence-corrected chi connectivity index (χ0v) is 16.3. The van der Waals surface area contributed by atoms with Crippen molar-refractivity contribution in [3.63, 3.8) is 0 Å². The van der Waals surface area contributed by atoms with Crippen LogP contribution in [-0.2, 0) is 31.2 Å². The first-order chi connectivity index (χ1) is 14.1.